The van der Waals surface area contributed by atoms with Crippen molar-refractivity contribution in [3.8, 4) is 5.69 Å². The predicted octanol–water partition coefficient (Wildman–Crippen LogP) is 1.02. The van der Waals surface area contributed by atoms with E-state index in [1.165, 1.54) is 48.5 Å². The van der Waals surface area contributed by atoms with Gasteiger partial charge in [0.05, 0.1) is 21.2 Å². The number of rotatable bonds is 5. The van der Waals surface area contributed by atoms with Gasteiger partial charge in [-0.3, -0.25) is 25.7 Å². The minimum Gasteiger partial charge on any atom is -0.275 e. The fourth-order valence-corrected chi connectivity index (χ4v) is 2.19. The van der Waals surface area contributed by atoms with E-state index < -0.39 is 21.2 Å². The molecule has 0 saturated carbocycles. The molecule has 0 fully saturated rings. The number of aromatic nitrogens is 3. The topological polar surface area (TPSA) is 158 Å². The van der Waals surface area contributed by atoms with E-state index in [1.54, 1.807) is 0 Å². The zero-order chi connectivity index (χ0) is 18.8. The van der Waals surface area contributed by atoms with Crippen molar-refractivity contribution >= 4 is 17.1 Å². The van der Waals surface area contributed by atoms with Crippen LogP contribution in [0.15, 0.2) is 58.1 Å². The smallest absolute Gasteiger partial charge is 0.275 e. The quantitative estimate of drug-likeness (QED) is 0.509. The summed E-state index contributed by atoms with van der Waals surface area (Å²) in [4.78, 5) is 45.3. The lowest BCUT2D eigenvalue weighted by atomic mass is 10.3. The molecule has 1 heterocycles. The van der Waals surface area contributed by atoms with Gasteiger partial charge in [0.1, 0.15) is 0 Å². The maximum absolute atomic E-state index is 12.4. The molecule has 0 saturated heterocycles. The van der Waals surface area contributed by atoms with Gasteiger partial charge in [-0.2, -0.15) is 0 Å². The van der Waals surface area contributed by atoms with E-state index in [9.17, 15) is 29.8 Å². The maximum atomic E-state index is 12.4. The van der Waals surface area contributed by atoms with Gasteiger partial charge in [-0.1, -0.05) is 0 Å². The summed E-state index contributed by atoms with van der Waals surface area (Å²) in [5.41, 5.74) is 1.22. The molecule has 12 nitrogen and oxygen atoms in total. The van der Waals surface area contributed by atoms with Gasteiger partial charge in [0, 0.05) is 24.3 Å². The first-order chi connectivity index (χ1) is 12.4. The number of hydrogen-bond donors (Lipinski definition) is 2. The fourth-order valence-electron chi connectivity index (χ4n) is 2.19. The second-order valence-corrected chi connectivity index (χ2v) is 5.06. The van der Waals surface area contributed by atoms with E-state index in [1.807, 2.05) is 0 Å². The molecule has 2 N–H and O–H groups in total. The van der Waals surface area contributed by atoms with Crippen molar-refractivity contribution in [2.24, 2.45) is 0 Å². The average molecular weight is 358 g/mol. The average Bonchev–Trinajstić information content (AvgIpc) is 2.89. The molecule has 0 radical (unpaired) electrons. The van der Waals surface area contributed by atoms with Crippen LogP contribution in [0, 0.1) is 20.2 Å². The van der Waals surface area contributed by atoms with Crippen molar-refractivity contribution in [3.63, 3.8) is 0 Å². The zero-order valence-corrected chi connectivity index (χ0v) is 12.9. The number of nitrogens with one attached hydrogen (secondary N) is 2. The summed E-state index contributed by atoms with van der Waals surface area (Å²) >= 11 is 0. The summed E-state index contributed by atoms with van der Waals surface area (Å²) in [5.74, 6) is 0. The van der Waals surface area contributed by atoms with E-state index in [0.29, 0.717) is 5.69 Å². The Balaban J connectivity index is 1.93. The Morgan fingerprint density at radius 1 is 0.846 bits per heavy atom. The Morgan fingerprint density at radius 2 is 1.35 bits per heavy atom. The van der Waals surface area contributed by atoms with Crippen LogP contribution in [0.2, 0.25) is 0 Å². The van der Waals surface area contributed by atoms with Crippen LogP contribution in [-0.2, 0) is 0 Å². The molecule has 1 aromatic heterocycles. The summed E-state index contributed by atoms with van der Waals surface area (Å²) in [7, 11) is 0. The van der Waals surface area contributed by atoms with E-state index in [-0.39, 0.29) is 17.1 Å². The standard InChI is InChI=1S/C14H10N6O6/c21-13-16-18(15-9-1-3-11(4-2-9)19(23)24)14(22)17(13)10-5-7-12(8-6-10)20(25)26/h1-8,15H,(H,16,21). The van der Waals surface area contributed by atoms with Crippen LogP contribution >= 0.6 is 0 Å². The minimum absolute atomic E-state index is 0.125. The number of nitrogens with zero attached hydrogens (tertiary/aromatic N) is 4. The third-order valence-corrected chi connectivity index (χ3v) is 3.43. The molecule has 0 amide bonds. The van der Waals surface area contributed by atoms with E-state index >= 15 is 0 Å². The summed E-state index contributed by atoms with van der Waals surface area (Å²) in [5, 5.41) is 23.6. The third kappa shape index (κ3) is 3.06. The van der Waals surface area contributed by atoms with Crippen LogP contribution in [0.4, 0.5) is 17.1 Å². The van der Waals surface area contributed by atoms with Gasteiger partial charge in [-0.15, -0.1) is 4.79 Å². The van der Waals surface area contributed by atoms with Crippen LogP contribution in [0.25, 0.3) is 5.69 Å². The van der Waals surface area contributed by atoms with Crippen molar-refractivity contribution in [2.45, 2.75) is 0 Å². The molecular weight excluding hydrogens is 348 g/mol. The van der Waals surface area contributed by atoms with Gasteiger partial charge in [0.15, 0.2) is 0 Å². The molecule has 0 bridgehead atoms. The van der Waals surface area contributed by atoms with Crippen molar-refractivity contribution in [1.82, 2.24) is 14.5 Å². The number of non-ortho nitro benzene ring substituents is 2. The number of nitro benzene ring substituents is 2. The van der Waals surface area contributed by atoms with Crippen LogP contribution in [0.3, 0.4) is 0 Å². The van der Waals surface area contributed by atoms with Crippen LogP contribution in [0.5, 0.6) is 0 Å². The molecule has 3 rings (SSSR count). The normalized spacial score (nSPS) is 10.5. The highest BCUT2D eigenvalue weighted by atomic mass is 16.6. The molecule has 26 heavy (non-hydrogen) atoms. The molecular formula is C14H10N6O6. The van der Waals surface area contributed by atoms with E-state index in [2.05, 4.69) is 10.5 Å². The van der Waals surface area contributed by atoms with Gasteiger partial charge >= 0.3 is 11.4 Å². The van der Waals surface area contributed by atoms with Crippen molar-refractivity contribution in [1.29, 1.82) is 0 Å². The number of benzene rings is 2. The Kier molecular flexibility index (Phi) is 4.06. The molecule has 0 unspecified atom stereocenters. The highest BCUT2D eigenvalue weighted by Gasteiger charge is 2.13. The summed E-state index contributed by atoms with van der Waals surface area (Å²) < 4.78 is 0.780. The molecule has 0 aliphatic rings. The highest BCUT2D eigenvalue weighted by molar-refractivity contribution is 5.48. The fraction of sp³-hybridized carbons (Fsp3) is 0. The Bertz CT molecular complexity index is 1090. The van der Waals surface area contributed by atoms with Crippen molar-refractivity contribution in [2.75, 3.05) is 5.43 Å². The number of aromatic amines is 1. The molecule has 12 heteroatoms. The Hall–Kier alpha value is -4.22. The molecule has 2 aromatic carbocycles. The summed E-state index contributed by atoms with van der Waals surface area (Å²) in [6, 6.07) is 10.1. The minimum atomic E-state index is -0.776. The van der Waals surface area contributed by atoms with Crippen molar-refractivity contribution < 1.29 is 9.85 Å². The first-order valence-corrected chi connectivity index (χ1v) is 7.07. The Morgan fingerprint density at radius 3 is 1.85 bits per heavy atom. The molecule has 132 valence electrons. The van der Waals surface area contributed by atoms with Crippen molar-refractivity contribution in [3.05, 3.63) is 89.7 Å². The Labute approximate surface area is 143 Å². The summed E-state index contributed by atoms with van der Waals surface area (Å²) in [6.07, 6.45) is 0. The first kappa shape index (κ1) is 16.6. The van der Waals surface area contributed by atoms with Gasteiger partial charge < -0.3 is 0 Å². The molecule has 0 aliphatic carbocycles. The van der Waals surface area contributed by atoms with Gasteiger partial charge in [0.25, 0.3) is 11.4 Å². The monoisotopic (exact) mass is 358 g/mol. The number of hydrogen-bond acceptors (Lipinski definition) is 7. The van der Waals surface area contributed by atoms with Gasteiger partial charge in [0.2, 0.25) is 0 Å². The second kappa shape index (κ2) is 6.35. The third-order valence-electron chi connectivity index (χ3n) is 3.43. The first-order valence-electron chi connectivity index (χ1n) is 7.07. The lowest BCUT2D eigenvalue weighted by Gasteiger charge is -2.04. The van der Waals surface area contributed by atoms with E-state index in [0.717, 1.165) is 9.36 Å². The van der Waals surface area contributed by atoms with Gasteiger partial charge in [-0.25, -0.2) is 19.3 Å². The SMILES string of the molecule is O=c1[nH]n(Nc2ccc([N+](=O)[O-])cc2)c(=O)n1-c1ccc([N+](=O)[O-])cc1. The highest BCUT2D eigenvalue weighted by Crippen LogP contribution is 2.15. The second-order valence-electron chi connectivity index (χ2n) is 5.06. The largest absolute Gasteiger partial charge is 0.371 e. The molecule has 0 atom stereocenters. The predicted molar refractivity (Wildman–Crippen MR) is 89.4 cm³/mol. The lowest BCUT2D eigenvalue weighted by molar-refractivity contribution is -0.385. The zero-order valence-electron chi connectivity index (χ0n) is 12.9. The lowest BCUT2D eigenvalue weighted by Crippen LogP contribution is -2.30. The number of H-pyrrole nitrogens is 1. The maximum Gasteiger partial charge on any atom is 0.371 e. The molecule has 0 spiro atoms. The molecule has 3 aromatic rings. The molecule has 0 aliphatic heterocycles. The van der Waals surface area contributed by atoms with E-state index in [4.69, 9.17) is 0 Å². The van der Waals surface area contributed by atoms with Crippen LogP contribution in [-0.4, -0.2) is 24.3 Å². The van der Waals surface area contributed by atoms with Crippen LogP contribution < -0.4 is 16.8 Å². The van der Waals surface area contributed by atoms with Gasteiger partial charge in [-0.05, 0) is 24.3 Å². The number of nitro groups is 2. The van der Waals surface area contributed by atoms with Crippen LogP contribution in [0.1, 0.15) is 0 Å². The number of anilines is 1. The summed E-state index contributed by atoms with van der Waals surface area (Å²) in [6.45, 7) is 0.